The van der Waals surface area contributed by atoms with E-state index < -0.39 is 0 Å². The first-order valence-corrected chi connectivity index (χ1v) is 16.1. The molecule has 0 unspecified atom stereocenters. The maximum atomic E-state index is 4.13. The van der Waals surface area contributed by atoms with Crippen LogP contribution in [0.25, 0.3) is 11.4 Å². The van der Waals surface area contributed by atoms with E-state index in [1.807, 2.05) is 0 Å². The standard InChI is InChI=1S/C21H24N2.C16H24.Ru/c1-14-9-16(3)20(17(4)10-14)22-7-8-23(13-22)21-18(5)11-15(2)12-19(21)6;1-10-11(2)14(13(4)15(5,6)7)16(8,9)12(10)3;/h7-12H,1-6H3;1-3,5-9H3;. The van der Waals surface area contributed by atoms with Crippen LogP contribution in [0.3, 0.4) is 0 Å². The Morgan fingerprint density at radius 1 is 0.675 bits per heavy atom. The number of nitrogens with zero attached hydrogens (tertiary/aromatic N) is 2. The van der Waals surface area contributed by atoms with Gasteiger partial charge in [0.2, 0.25) is 0 Å². The summed E-state index contributed by atoms with van der Waals surface area (Å²) in [6.45, 7) is 32.1. The van der Waals surface area contributed by atoms with E-state index in [1.165, 1.54) is 76.6 Å². The molecule has 0 bridgehead atoms. The zero-order valence-electron chi connectivity index (χ0n) is 27.2. The maximum absolute atomic E-state index is 4.13. The third kappa shape index (κ3) is 5.24. The van der Waals surface area contributed by atoms with Crippen molar-refractivity contribution in [2.45, 2.75) is 96.9 Å². The van der Waals surface area contributed by atoms with Gasteiger partial charge in [-0.05, 0) is 0 Å². The molecule has 4 rings (SSSR count). The van der Waals surface area contributed by atoms with Gasteiger partial charge in [0.15, 0.2) is 0 Å². The zero-order valence-corrected chi connectivity index (χ0v) is 29.0. The second-order valence-electron chi connectivity index (χ2n) is 13.5. The van der Waals surface area contributed by atoms with Crippen molar-refractivity contribution in [3.05, 3.63) is 102 Å². The summed E-state index contributed by atoms with van der Waals surface area (Å²) in [5.74, 6) is 0. The molecular weight excluding hydrogens is 573 g/mol. The molecule has 0 aliphatic heterocycles. The molecule has 0 saturated heterocycles. The topological polar surface area (TPSA) is 9.86 Å². The summed E-state index contributed by atoms with van der Waals surface area (Å²) < 4.78 is 10.3. The quantitative estimate of drug-likeness (QED) is 0.258. The van der Waals surface area contributed by atoms with Crippen LogP contribution < -0.4 is 0 Å². The average molecular weight is 622 g/mol. The molecule has 1 aliphatic rings. The molecule has 1 aliphatic carbocycles. The summed E-state index contributed by atoms with van der Waals surface area (Å²) in [6.07, 6.45) is 4.54. The number of allylic oxidation sites excluding steroid dienone is 5. The van der Waals surface area contributed by atoms with Gasteiger partial charge in [0.25, 0.3) is 0 Å². The minimum atomic E-state index is -0.383. The SMILES string of the molecule is CC1=C(C)C(C)(C)C(C(=[C]=[Ru]=[c]2n(-c3c(C)cc(C)cc3C)ccn2-c2c(C)cc(C)cc2C)C(C)(C)C)=C1C. The summed E-state index contributed by atoms with van der Waals surface area (Å²) >= 11 is -0.383. The van der Waals surface area contributed by atoms with Crippen molar-refractivity contribution < 1.29 is 16.2 Å². The van der Waals surface area contributed by atoms with Crippen LogP contribution in [0.1, 0.15) is 88.8 Å². The monoisotopic (exact) mass is 622 g/mol. The molecule has 0 atom stereocenters. The molecule has 1 aromatic heterocycles. The van der Waals surface area contributed by atoms with Crippen molar-refractivity contribution >= 4 is 4.26 Å². The zero-order chi connectivity index (χ0) is 29.9. The number of imidazole rings is 1. The van der Waals surface area contributed by atoms with Gasteiger partial charge in [0, 0.05) is 0 Å². The van der Waals surface area contributed by atoms with Gasteiger partial charge in [-0.2, -0.15) is 0 Å². The molecular formula is C37H48N2Ru. The van der Waals surface area contributed by atoms with Crippen LogP contribution in [0.15, 0.2) is 64.5 Å². The fourth-order valence-electron chi connectivity index (χ4n) is 6.62. The molecule has 0 N–H and O–H groups in total. The third-order valence-corrected chi connectivity index (χ3v) is 10.7. The Morgan fingerprint density at radius 3 is 1.40 bits per heavy atom. The van der Waals surface area contributed by atoms with Crippen molar-refractivity contribution in [3.8, 4) is 11.4 Å². The van der Waals surface area contributed by atoms with Crippen LogP contribution in [0.5, 0.6) is 0 Å². The predicted molar refractivity (Wildman–Crippen MR) is 170 cm³/mol. The van der Waals surface area contributed by atoms with Gasteiger partial charge in [-0.1, -0.05) is 0 Å². The molecule has 0 amide bonds. The van der Waals surface area contributed by atoms with Crippen LogP contribution in [-0.2, 0) is 16.2 Å². The molecule has 1 heterocycles. The molecule has 2 aromatic carbocycles. The number of hydrogen-bond acceptors (Lipinski definition) is 0. The predicted octanol–water partition coefficient (Wildman–Crippen LogP) is 9.80. The minimum absolute atomic E-state index is 0.0104. The fraction of sp³-hybridized carbons (Fsp3) is 0.432. The average Bonchev–Trinajstić information content (AvgIpc) is 3.26. The first kappa shape index (κ1) is 30.4. The van der Waals surface area contributed by atoms with E-state index in [4.69, 9.17) is 0 Å². The van der Waals surface area contributed by atoms with Crippen LogP contribution in [0, 0.1) is 56.4 Å². The van der Waals surface area contributed by atoms with E-state index in [9.17, 15) is 0 Å². The second kappa shape index (κ2) is 10.7. The first-order valence-electron chi connectivity index (χ1n) is 14.4. The van der Waals surface area contributed by atoms with Crippen molar-refractivity contribution in [2.24, 2.45) is 10.8 Å². The second-order valence-corrected chi connectivity index (χ2v) is 15.1. The third-order valence-electron chi connectivity index (χ3n) is 8.78. The van der Waals surface area contributed by atoms with Gasteiger partial charge in [0.1, 0.15) is 0 Å². The number of rotatable bonds is 3. The Hall–Kier alpha value is -2.60. The van der Waals surface area contributed by atoms with E-state index in [0.29, 0.717) is 0 Å². The normalized spacial score (nSPS) is 15.2. The summed E-state index contributed by atoms with van der Waals surface area (Å²) in [4.78, 5) is 0. The van der Waals surface area contributed by atoms with E-state index in [2.05, 4.69) is 147 Å². The summed E-state index contributed by atoms with van der Waals surface area (Å²) in [6, 6.07) is 9.23. The first-order chi connectivity index (χ1) is 18.5. The molecule has 2 nitrogen and oxygen atoms in total. The molecule has 3 heteroatoms. The van der Waals surface area contributed by atoms with E-state index in [-0.39, 0.29) is 27.1 Å². The van der Waals surface area contributed by atoms with Gasteiger partial charge in [-0.3, -0.25) is 0 Å². The van der Waals surface area contributed by atoms with Crippen LogP contribution in [0.2, 0.25) is 0 Å². The summed E-state index contributed by atoms with van der Waals surface area (Å²) in [5.41, 5.74) is 17.6. The molecule has 214 valence electrons. The van der Waals surface area contributed by atoms with Gasteiger partial charge in [0.05, 0.1) is 0 Å². The Bertz CT molecular complexity index is 1620. The van der Waals surface area contributed by atoms with Crippen LogP contribution in [0.4, 0.5) is 0 Å². The number of hydrogen-bond donors (Lipinski definition) is 0. The van der Waals surface area contributed by atoms with Crippen molar-refractivity contribution in [1.29, 1.82) is 0 Å². The Kier molecular flexibility index (Phi) is 8.10. The number of aromatic nitrogens is 2. The van der Waals surface area contributed by atoms with Crippen molar-refractivity contribution in [2.75, 3.05) is 0 Å². The number of aryl methyl sites for hydroxylation is 6. The van der Waals surface area contributed by atoms with Gasteiger partial charge < -0.3 is 0 Å². The molecule has 40 heavy (non-hydrogen) atoms. The summed E-state index contributed by atoms with van der Waals surface area (Å²) in [5, 5.41) is 0. The number of benzene rings is 2. The molecule has 3 aromatic rings. The Morgan fingerprint density at radius 2 is 1.07 bits per heavy atom. The van der Waals surface area contributed by atoms with Crippen molar-refractivity contribution in [1.82, 2.24) is 9.13 Å². The van der Waals surface area contributed by atoms with E-state index in [0.717, 1.165) is 0 Å². The van der Waals surface area contributed by atoms with Crippen LogP contribution in [-0.4, -0.2) is 13.4 Å². The molecule has 0 saturated carbocycles. The Labute approximate surface area is 249 Å². The van der Waals surface area contributed by atoms with E-state index in [1.54, 1.807) is 0 Å². The van der Waals surface area contributed by atoms with Crippen molar-refractivity contribution in [3.63, 3.8) is 0 Å². The fourth-order valence-corrected chi connectivity index (χ4v) is 8.96. The van der Waals surface area contributed by atoms with Gasteiger partial charge >= 0.3 is 251 Å². The van der Waals surface area contributed by atoms with Crippen LogP contribution >= 0.6 is 0 Å². The van der Waals surface area contributed by atoms with Gasteiger partial charge in [-0.15, -0.1) is 0 Å². The molecule has 0 radical (unpaired) electrons. The summed E-state index contributed by atoms with van der Waals surface area (Å²) in [7, 11) is 0. The Balaban J connectivity index is 2.24. The molecule has 0 spiro atoms. The van der Waals surface area contributed by atoms with Gasteiger partial charge in [-0.25, -0.2) is 0 Å². The van der Waals surface area contributed by atoms with E-state index >= 15 is 0 Å². The molecule has 0 fully saturated rings.